The molecule has 0 saturated heterocycles. The van der Waals surface area contributed by atoms with Gasteiger partial charge < -0.3 is 9.84 Å². The number of imidazole rings is 1. The van der Waals surface area contributed by atoms with E-state index < -0.39 is 5.97 Å². The van der Waals surface area contributed by atoms with E-state index in [2.05, 4.69) is 15.0 Å². The summed E-state index contributed by atoms with van der Waals surface area (Å²) in [6, 6.07) is 15.4. The van der Waals surface area contributed by atoms with E-state index in [0.717, 1.165) is 16.7 Å². The van der Waals surface area contributed by atoms with Crippen molar-refractivity contribution in [3.05, 3.63) is 63.6 Å². The van der Waals surface area contributed by atoms with Crippen LogP contribution in [-0.4, -0.2) is 32.1 Å². The minimum Gasteiger partial charge on any atom is -0.481 e. The maximum atomic E-state index is 11.1. The summed E-state index contributed by atoms with van der Waals surface area (Å²) in [5, 5.41) is 10.8. The van der Waals surface area contributed by atoms with Crippen molar-refractivity contribution in [2.24, 2.45) is 5.92 Å². The fraction of sp³-hybridized carbons (Fsp3) is 0.240. The Kier molecular flexibility index (Phi) is 6.38. The molecule has 9 heteroatoms. The number of H-pyrrole nitrogens is 1. The molecule has 2 aromatic heterocycles. The van der Waals surface area contributed by atoms with Gasteiger partial charge in [0.15, 0.2) is 5.65 Å². The lowest BCUT2D eigenvalue weighted by atomic mass is 9.87. The van der Waals surface area contributed by atoms with Gasteiger partial charge in [0, 0.05) is 15.6 Å². The summed E-state index contributed by atoms with van der Waals surface area (Å²) in [4.78, 5) is 23.4. The molecule has 174 valence electrons. The summed E-state index contributed by atoms with van der Waals surface area (Å²) < 4.78 is 5.97. The van der Waals surface area contributed by atoms with E-state index in [1.54, 1.807) is 12.1 Å². The quantitative estimate of drug-likeness (QED) is 0.291. The molecule has 0 spiro atoms. The monoisotopic (exact) mass is 515 g/mol. The Balaban J connectivity index is 1.36. The van der Waals surface area contributed by atoms with Crippen LogP contribution in [0.25, 0.3) is 33.5 Å². The first-order valence-corrected chi connectivity index (χ1v) is 12.0. The van der Waals surface area contributed by atoms with E-state index >= 15 is 0 Å². The number of halogens is 3. The fourth-order valence-electron chi connectivity index (χ4n) is 4.28. The Morgan fingerprint density at radius 3 is 2.18 bits per heavy atom. The van der Waals surface area contributed by atoms with Crippen molar-refractivity contribution < 1.29 is 14.6 Å². The van der Waals surface area contributed by atoms with Gasteiger partial charge in [0.1, 0.15) is 11.6 Å². The highest BCUT2D eigenvalue weighted by molar-refractivity contribution is 6.35. The molecule has 0 bridgehead atoms. The summed E-state index contributed by atoms with van der Waals surface area (Å²) in [5.41, 5.74) is 4.55. The first kappa shape index (κ1) is 23.0. The van der Waals surface area contributed by atoms with Crippen molar-refractivity contribution in [3.8, 4) is 28.4 Å². The topological polar surface area (TPSA) is 88.1 Å². The molecule has 4 aromatic rings. The van der Waals surface area contributed by atoms with E-state index in [1.807, 2.05) is 36.4 Å². The van der Waals surface area contributed by atoms with Gasteiger partial charge in [-0.05, 0) is 61.1 Å². The average Bonchev–Trinajstić information content (AvgIpc) is 3.19. The minimum atomic E-state index is -0.738. The summed E-state index contributed by atoms with van der Waals surface area (Å²) in [7, 11) is 0. The molecular weight excluding hydrogens is 497 g/mol. The third-order valence-corrected chi connectivity index (χ3v) is 6.78. The number of rotatable bonds is 5. The first-order chi connectivity index (χ1) is 16.4. The molecule has 6 nitrogen and oxygen atoms in total. The third kappa shape index (κ3) is 4.85. The van der Waals surface area contributed by atoms with Gasteiger partial charge in [0.25, 0.3) is 6.01 Å². The van der Waals surface area contributed by atoms with E-state index in [9.17, 15) is 4.79 Å². The van der Waals surface area contributed by atoms with Gasteiger partial charge in [0.05, 0.1) is 16.6 Å². The van der Waals surface area contributed by atoms with Crippen LogP contribution in [0.1, 0.15) is 25.7 Å². The fourth-order valence-corrected chi connectivity index (χ4v) is 5.06. The molecular formula is C25H20Cl3N3O3. The molecule has 0 unspecified atom stereocenters. The molecule has 0 amide bonds. The molecule has 34 heavy (non-hydrogen) atoms. The number of carboxylic acid groups (broad SMARTS) is 1. The normalized spacial score (nSPS) is 18.2. The van der Waals surface area contributed by atoms with Crippen LogP contribution in [0, 0.1) is 5.92 Å². The second-order valence-electron chi connectivity index (χ2n) is 8.39. The number of aromatic nitrogens is 3. The van der Waals surface area contributed by atoms with E-state index in [0.29, 0.717) is 63.6 Å². The molecule has 2 aromatic carbocycles. The second kappa shape index (κ2) is 9.45. The van der Waals surface area contributed by atoms with Gasteiger partial charge >= 0.3 is 5.97 Å². The highest BCUT2D eigenvalue weighted by Crippen LogP contribution is 2.33. The molecule has 1 fully saturated rings. The summed E-state index contributed by atoms with van der Waals surface area (Å²) >= 11 is 18.8. The second-order valence-corrected chi connectivity index (χ2v) is 9.67. The van der Waals surface area contributed by atoms with Crippen LogP contribution in [-0.2, 0) is 4.79 Å². The van der Waals surface area contributed by atoms with Crippen molar-refractivity contribution in [1.82, 2.24) is 15.0 Å². The maximum Gasteiger partial charge on any atom is 0.306 e. The van der Waals surface area contributed by atoms with Crippen LogP contribution in [0.4, 0.5) is 0 Å². The summed E-state index contributed by atoms with van der Waals surface area (Å²) in [6.45, 7) is 0. The highest BCUT2D eigenvalue weighted by Gasteiger charge is 2.27. The Morgan fingerprint density at radius 2 is 1.53 bits per heavy atom. The molecule has 1 aliphatic rings. The number of nitrogens with one attached hydrogen (secondary N) is 1. The van der Waals surface area contributed by atoms with Gasteiger partial charge in [-0.2, -0.15) is 4.98 Å². The lowest BCUT2D eigenvalue weighted by Crippen LogP contribution is -2.28. The van der Waals surface area contributed by atoms with Crippen molar-refractivity contribution >= 4 is 51.9 Å². The van der Waals surface area contributed by atoms with E-state index in [1.165, 1.54) is 0 Å². The number of aliphatic carboxylic acids is 1. The number of hydrogen-bond donors (Lipinski definition) is 2. The molecule has 0 radical (unpaired) electrons. The predicted molar refractivity (Wildman–Crippen MR) is 134 cm³/mol. The number of benzene rings is 2. The molecule has 2 N–H and O–H groups in total. The molecule has 1 saturated carbocycles. The Hall–Kier alpha value is -2.80. The smallest absolute Gasteiger partial charge is 0.306 e. The zero-order chi connectivity index (χ0) is 23.8. The number of nitrogens with zero attached hydrogens (tertiary/aromatic N) is 2. The van der Waals surface area contributed by atoms with Gasteiger partial charge in [-0.1, -0.05) is 59.1 Å². The van der Waals surface area contributed by atoms with Gasteiger partial charge in [-0.15, -0.1) is 0 Å². The largest absolute Gasteiger partial charge is 0.481 e. The number of carboxylic acids is 1. The summed E-state index contributed by atoms with van der Waals surface area (Å²) in [6.07, 6.45) is 2.49. The van der Waals surface area contributed by atoms with Crippen LogP contribution in [0.3, 0.4) is 0 Å². The molecule has 2 heterocycles. The van der Waals surface area contributed by atoms with Crippen LogP contribution in [0.5, 0.6) is 6.01 Å². The highest BCUT2D eigenvalue weighted by atomic mass is 35.5. The number of ether oxygens (including phenoxy) is 1. The number of aromatic amines is 1. The maximum absolute atomic E-state index is 11.1. The van der Waals surface area contributed by atoms with Crippen LogP contribution >= 0.6 is 34.8 Å². The van der Waals surface area contributed by atoms with E-state index in [4.69, 9.17) is 44.6 Å². The molecule has 0 atom stereocenters. The number of fused-ring (bicyclic) bond motifs is 1. The Morgan fingerprint density at radius 1 is 0.882 bits per heavy atom. The van der Waals surface area contributed by atoms with Gasteiger partial charge in [0.2, 0.25) is 0 Å². The minimum absolute atomic E-state index is 0.0707. The lowest BCUT2D eigenvalue weighted by Gasteiger charge is -2.25. The standard InChI is InChI=1S/C25H20Cl3N3O3/c26-17-9-16(10-18(27)11-17)13-1-3-14(4-2-13)22-20(28)12-21-23(30-22)31-25(29-21)34-19-7-5-15(6-8-19)24(32)33/h1-4,9-12,15,19H,5-8H2,(H,32,33)(H,29,30,31)/t15-,19-. The number of pyridine rings is 1. The van der Waals surface area contributed by atoms with Gasteiger partial charge in [-0.25, -0.2) is 4.98 Å². The molecule has 5 rings (SSSR count). The first-order valence-electron chi connectivity index (χ1n) is 10.9. The zero-order valence-electron chi connectivity index (χ0n) is 17.9. The van der Waals surface area contributed by atoms with Crippen molar-refractivity contribution in [2.45, 2.75) is 31.8 Å². The van der Waals surface area contributed by atoms with Crippen molar-refractivity contribution in [1.29, 1.82) is 0 Å². The van der Waals surface area contributed by atoms with Crippen LogP contribution < -0.4 is 4.74 Å². The summed E-state index contributed by atoms with van der Waals surface area (Å²) in [5.74, 6) is -1.03. The number of carbonyl (C=O) groups is 1. The van der Waals surface area contributed by atoms with Crippen LogP contribution in [0.15, 0.2) is 48.5 Å². The molecule has 0 aliphatic heterocycles. The SMILES string of the molecule is O=C(O)[C@H]1CC[C@H](Oc2nc3cc(Cl)c(-c4ccc(-c5cc(Cl)cc(Cl)c5)cc4)nc3[nH]2)CC1. The van der Waals surface area contributed by atoms with Gasteiger partial charge in [-0.3, -0.25) is 9.78 Å². The average molecular weight is 517 g/mol. The third-order valence-electron chi connectivity index (χ3n) is 6.06. The predicted octanol–water partition coefficient (Wildman–Crippen LogP) is 7.27. The van der Waals surface area contributed by atoms with Crippen LogP contribution in [0.2, 0.25) is 15.1 Å². The Bertz CT molecular complexity index is 1340. The molecule has 1 aliphatic carbocycles. The number of hydrogen-bond acceptors (Lipinski definition) is 4. The zero-order valence-corrected chi connectivity index (χ0v) is 20.2. The van der Waals surface area contributed by atoms with Crippen molar-refractivity contribution in [2.75, 3.05) is 0 Å². The lowest BCUT2D eigenvalue weighted by molar-refractivity contribution is -0.143. The van der Waals surface area contributed by atoms with Crippen molar-refractivity contribution in [3.63, 3.8) is 0 Å². The van der Waals surface area contributed by atoms with E-state index in [-0.39, 0.29) is 12.0 Å². The Labute approximate surface area is 210 Å².